The number of rotatable bonds is 4. The van der Waals surface area contributed by atoms with Crippen molar-refractivity contribution in [2.45, 2.75) is 77.6 Å². The Kier molecular flexibility index (Phi) is 5.66. The van der Waals surface area contributed by atoms with E-state index in [4.69, 9.17) is 14.9 Å². The molecule has 1 fully saturated rings. The minimum Gasteiger partial charge on any atom is -0.409 e. The second-order valence-electron chi connectivity index (χ2n) is 9.02. The zero-order chi connectivity index (χ0) is 20.1. The van der Waals surface area contributed by atoms with Gasteiger partial charge in [0, 0.05) is 15.7 Å². The summed E-state index contributed by atoms with van der Waals surface area (Å²) in [5, 5.41) is 1.03. The van der Waals surface area contributed by atoms with E-state index in [9.17, 15) is 0 Å². The van der Waals surface area contributed by atoms with Crippen LogP contribution in [-0.4, -0.2) is 35.1 Å². The van der Waals surface area contributed by atoms with Crippen LogP contribution in [0, 0.1) is 9.49 Å². The molecule has 0 radical (unpaired) electrons. The van der Waals surface area contributed by atoms with E-state index in [-0.39, 0.29) is 23.5 Å². The van der Waals surface area contributed by atoms with Crippen LogP contribution in [0.1, 0.15) is 47.3 Å². The maximum absolute atomic E-state index is 6.88. The van der Waals surface area contributed by atoms with E-state index >= 15 is 0 Å². The first-order valence-electron chi connectivity index (χ1n) is 9.57. The van der Waals surface area contributed by atoms with E-state index < -0.39 is 8.32 Å². The molecule has 2 aromatic rings. The number of anilines is 1. The lowest BCUT2D eigenvalue weighted by Crippen LogP contribution is -2.46. The van der Waals surface area contributed by atoms with Crippen molar-refractivity contribution in [3.05, 3.63) is 16.1 Å². The molecule has 1 aliphatic rings. The molecule has 3 heterocycles. The molecule has 1 unspecified atom stereocenters. The van der Waals surface area contributed by atoms with Gasteiger partial charge in [0.2, 0.25) is 0 Å². The Balaban J connectivity index is 2.06. The molecule has 6 nitrogen and oxygen atoms in total. The fourth-order valence-electron chi connectivity index (χ4n) is 3.48. The van der Waals surface area contributed by atoms with Crippen LogP contribution in [0.5, 0.6) is 0 Å². The lowest BCUT2D eigenvalue weighted by molar-refractivity contribution is -0.0319. The Bertz CT molecular complexity index is 833. The molecule has 0 aromatic carbocycles. The van der Waals surface area contributed by atoms with Gasteiger partial charge in [-0.05, 0) is 47.1 Å². The van der Waals surface area contributed by atoms with Gasteiger partial charge in [-0.1, -0.05) is 34.6 Å². The first kappa shape index (κ1) is 21.0. The van der Waals surface area contributed by atoms with Gasteiger partial charge in [-0.15, -0.1) is 0 Å². The van der Waals surface area contributed by atoms with Crippen LogP contribution >= 0.6 is 22.6 Å². The monoisotopic (exact) mass is 502 g/mol. The fourth-order valence-corrected chi connectivity index (χ4v) is 5.66. The Morgan fingerprint density at radius 2 is 2.00 bits per heavy atom. The zero-order valence-electron chi connectivity index (χ0n) is 17.3. The van der Waals surface area contributed by atoms with E-state index in [1.54, 1.807) is 0 Å². The number of aromatic nitrogens is 3. The van der Waals surface area contributed by atoms with Crippen molar-refractivity contribution in [1.29, 1.82) is 0 Å². The van der Waals surface area contributed by atoms with Gasteiger partial charge in [0.05, 0.1) is 17.6 Å². The summed E-state index contributed by atoms with van der Waals surface area (Å²) in [6.45, 7) is 15.8. The summed E-state index contributed by atoms with van der Waals surface area (Å²) in [6.07, 6.45) is 4.48. The highest BCUT2D eigenvalue weighted by Gasteiger charge is 2.48. The maximum Gasteiger partial charge on any atom is 0.192 e. The third-order valence-electron chi connectivity index (χ3n) is 6.21. The highest BCUT2D eigenvalue weighted by atomic mass is 127. The van der Waals surface area contributed by atoms with Gasteiger partial charge in [0.1, 0.15) is 17.8 Å². The normalized spacial score (nSPS) is 26.8. The molecular formula is C19H31IN4O2Si. The second kappa shape index (κ2) is 7.27. The number of halogens is 1. The molecule has 0 spiro atoms. The SMILES string of the molecule is CC[C@H]1O[C@@H](n2cc(I)c3c(N)ncnc32)[C@@H](O[Si](C)(C)C(C)(C)C)C1C. The van der Waals surface area contributed by atoms with E-state index in [0.717, 1.165) is 21.0 Å². The van der Waals surface area contributed by atoms with Crippen molar-refractivity contribution in [3.63, 3.8) is 0 Å². The fraction of sp³-hybridized carbons (Fsp3) is 0.684. The number of fused-ring (bicyclic) bond motifs is 1. The third kappa shape index (κ3) is 3.65. The van der Waals surface area contributed by atoms with Crippen LogP contribution in [0.2, 0.25) is 18.1 Å². The number of hydrogen-bond acceptors (Lipinski definition) is 5. The van der Waals surface area contributed by atoms with Crippen LogP contribution in [0.4, 0.5) is 5.82 Å². The van der Waals surface area contributed by atoms with E-state index in [0.29, 0.717) is 11.7 Å². The molecule has 2 N–H and O–H groups in total. The molecule has 27 heavy (non-hydrogen) atoms. The van der Waals surface area contributed by atoms with Crippen LogP contribution in [0.15, 0.2) is 12.5 Å². The van der Waals surface area contributed by atoms with Crippen molar-refractivity contribution in [1.82, 2.24) is 14.5 Å². The largest absolute Gasteiger partial charge is 0.409 e. The van der Waals surface area contributed by atoms with E-state index in [1.807, 2.05) is 0 Å². The summed E-state index contributed by atoms with van der Waals surface area (Å²) in [5.74, 6) is 0.812. The second-order valence-corrected chi connectivity index (χ2v) is 14.9. The summed E-state index contributed by atoms with van der Waals surface area (Å²) in [6, 6.07) is 0. The Morgan fingerprint density at radius 3 is 2.59 bits per heavy atom. The van der Waals surface area contributed by atoms with Crippen molar-refractivity contribution in [2.24, 2.45) is 5.92 Å². The maximum atomic E-state index is 6.88. The number of hydrogen-bond donors (Lipinski definition) is 1. The smallest absolute Gasteiger partial charge is 0.192 e. The average Bonchev–Trinajstić information content (AvgIpc) is 3.05. The standard InChI is InChI=1S/C19H31IN4O2Si/c1-8-13-11(2)15(26-27(6,7)19(3,4)5)18(25-13)24-9-12(20)14-16(21)22-10-23-17(14)24/h9-11,13,15,18H,8H2,1-7H3,(H2,21,22,23)/t11?,13-,15+,18-/m1/s1. The number of nitrogen functional groups attached to an aromatic ring is 1. The van der Waals surface area contributed by atoms with Crippen LogP contribution < -0.4 is 5.73 Å². The van der Waals surface area contributed by atoms with Crippen LogP contribution in [-0.2, 0) is 9.16 Å². The van der Waals surface area contributed by atoms with Crippen LogP contribution in [0.25, 0.3) is 11.0 Å². The first-order valence-corrected chi connectivity index (χ1v) is 13.6. The molecule has 150 valence electrons. The Morgan fingerprint density at radius 1 is 1.33 bits per heavy atom. The van der Waals surface area contributed by atoms with Gasteiger partial charge >= 0.3 is 0 Å². The van der Waals surface area contributed by atoms with Gasteiger partial charge in [-0.2, -0.15) is 0 Å². The predicted molar refractivity (Wildman–Crippen MR) is 120 cm³/mol. The zero-order valence-corrected chi connectivity index (χ0v) is 20.4. The topological polar surface area (TPSA) is 75.2 Å². The Hall–Kier alpha value is -0.713. The van der Waals surface area contributed by atoms with Gasteiger partial charge in [0.15, 0.2) is 14.5 Å². The molecule has 4 atom stereocenters. The highest BCUT2D eigenvalue weighted by Crippen LogP contribution is 2.45. The molecule has 0 saturated carbocycles. The molecule has 0 aliphatic carbocycles. The van der Waals surface area contributed by atoms with E-state index in [1.165, 1.54) is 6.33 Å². The molecule has 0 amide bonds. The van der Waals surface area contributed by atoms with Crippen molar-refractivity contribution >= 4 is 47.8 Å². The number of nitrogens with zero attached hydrogens (tertiary/aromatic N) is 3. The predicted octanol–water partition coefficient (Wildman–Crippen LogP) is 4.95. The molecule has 1 aliphatic heterocycles. The number of nitrogens with two attached hydrogens (primary N) is 1. The number of ether oxygens (including phenoxy) is 1. The van der Waals surface area contributed by atoms with Gasteiger partial charge in [-0.25, -0.2) is 9.97 Å². The summed E-state index contributed by atoms with van der Waals surface area (Å²) in [5.41, 5.74) is 6.92. The molecule has 0 bridgehead atoms. The van der Waals surface area contributed by atoms with Crippen LogP contribution in [0.3, 0.4) is 0 Å². The molecule has 3 rings (SSSR count). The van der Waals surface area contributed by atoms with Crippen molar-refractivity contribution in [2.75, 3.05) is 5.73 Å². The first-order chi connectivity index (χ1) is 12.5. The lowest BCUT2D eigenvalue weighted by atomic mass is 9.99. The molecular weight excluding hydrogens is 471 g/mol. The lowest BCUT2D eigenvalue weighted by Gasteiger charge is -2.40. The average molecular weight is 502 g/mol. The van der Waals surface area contributed by atoms with Gasteiger partial charge in [0.25, 0.3) is 0 Å². The minimum atomic E-state index is -1.95. The van der Waals surface area contributed by atoms with Gasteiger partial charge in [-0.3, -0.25) is 0 Å². The molecule has 2 aromatic heterocycles. The summed E-state index contributed by atoms with van der Waals surface area (Å²) in [4.78, 5) is 8.65. The minimum absolute atomic E-state index is 0.0153. The molecule has 8 heteroatoms. The Labute approximate surface area is 176 Å². The van der Waals surface area contributed by atoms with Crippen molar-refractivity contribution < 1.29 is 9.16 Å². The summed E-state index contributed by atoms with van der Waals surface area (Å²) < 4.78 is 16.5. The summed E-state index contributed by atoms with van der Waals surface area (Å²) in [7, 11) is -1.95. The summed E-state index contributed by atoms with van der Waals surface area (Å²) >= 11 is 2.29. The molecule has 1 saturated heterocycles. The van der Waals surface area contributed by atoms with Crippen molar-refractivity contribution in [3.8, 4) is 0 Å². The third-order valence-corrected chi connectivity index (χ3v) is 11.5. The highest BCUT2D eigenvalue weighted by molar-refractivity contribution is 14.1. The van der Waals surface area contributed by atoms with E-state index in [2.05, 4.69) is 91.0 Å². The van der Waals surface area contributed by atoms with Gasteiger partial charge < -0.3 is 19.5 Å². The quantitative estimate of drug-likeness (QED) is 0.473.